The molecule has 12 heteroatoms. The van der Waals surface area contributed by atoms with E-state index in [1.54, 1.807) is 12.1 Å². The van der Waals surface area contributed by atoms with Gasteiger partial charge in [-0.1, -0.05) is 36.4 Å². The van der Waals surface area contributed by atoms with Crippen LogP contribution in [0.3, 0.4) is 0 Å². The van der Waals surface area contributed by atoms with E-state index in [0.717, 1.165) is 30.8 Å². The van der Waals surface area contributed by atoms with Crippen LogP contribution >= 0.6 is 0 Å². The molecule has 2 heterocycles. The molecule has 208 valence electrons. The monoisotopic (exact) mass is 553 g/mol. The summed E-state index contributed by atoms with van der Waals surface area (Å²) in [5, 5.41) is 8.72. The normalized spacial score (nSPS) is 14.7. The summed E-state index contributed by atoms with van der Waals surface area (Å²) < 4.78 is 28.2. The highest BCUT2D eigenvalue weighted by molar-refractivity contribution is 7.89. The van der Waals surface area contributed by atoms with Crippen LogP contribution in [-0.2, 0) is 16.6 Å². The fraction of sp³-hybridized carbons (Fsp3) is 0.370. The minimum absolute atomic E-state index is 0.130. The molecule has 0 saturated carbocycles. The Morgan fingerprint density at radius 1 is 0.949 bits per heavy atom. The van der Waals surface area contributed by atoms with Crippen LogP contribution in [0.25, 0.3) is 11.1 Å². The second-order valence-electron chi connectivity index (χ2n) is 9.83. The van der Waals surface area contributed by atoms with E-state index in [4.69, 9.17) is 5.21 Å². The highest BCUT2D eigenvalue weighted by Crippen LogP contribution is 2.27. The summed E-state index contributed by atoms with van der Waals surface area (Å²) in [6, 6.07) is 15.3. The number of sulfonamides is 1. The van der Waals surface area contributed by atoms with Gasteiger partial charge in [-0.05, 0) is 50.0 Å². The largest absolute Gasteiger partial charge is 0.338 e. The quantitative estimate of drug-likeness (QED) is 0.286. The Morgan fingerprint density at radius 3 is 2.21 bits per heavy atom. The predicted octanol–water partition coefficient (Wildman–Crippen LogP) is 1.77. The number of amides is 1. The van der Waals surface area contributed by atoms with Gasteiger partial charge in [-0.25, -0.2) is 23.9 Å². The minimum atomic E-state index is -3.66. The summed E-state index contributed by atoms with van der Waals surface area (Å²) in [5.74, 6) is -0.295. The number of carbonyl (C=O) groups is 1. The van der Waals surface area contributed by atoms with Crippen molar-refractivity contribution in [3.63, 3.8) is 0 Å². The van der Waals surface area contributed by atoms with E-state index < -0.39 is 15.9 Å². The molecule has 0 aliphatic carbocycles. The molecule has 39 heavy (non-hydrogen) atoms. The summed E-state index contributed by atoms with van der Waals surface area (Å²) in [7, 11) is 2.57. The van der Waals surface area contributed by atoms with Crippen LogP contribution in [0.2, 0.25) is 0 Å². The number of nitrogens with one attached hydrogen (secondary N) is 1. The maximum Gasteiger partial charge on any atom is 0.277 e. The van der Waals surface area contributed by atoms with Crippen LogP contribution in [0.5, 0.6) is 0 Å². The van der Waals surface area contributed by atoms with Crippen molar-refractivity contribution >= 4 is 21.9 Å². The SMILES string of the molecule is CN(C)CCN(C)Cc1ccccc1-c1ccc(S(=O)(=O)N2CCN(c3ncc(C(=O)NO)cn3)CC2)cc1. The van der Waals surface area contributed by atoms with Crippen molar-refractivity contribution in [2.45, 2.75) is 11.4 Å². The third kappa shape index (κ3) is 6.97. The first kappa shape index (κ1) is 28.6. The van der Waals surface area contributed by atoms with E-state index in [2.05, 4.69) is 53.0 Å². The third-order valence-corrected chi connectivity index (χ3v) is 8.63. The molecule has 11 nitrogen and oxygen atoms in total. The van der Waals surface area contributed by atoms with E-state index in [-0.39, 0.29) is 23.5 Å². The first-order valence-corrected chi connectivity index (χ1v) is 14.2. The molecule has 3 aromatic rings. The highest BCUT2D eigenvalue weighted by atomic mass is 32.2. The number of likely N-dealkylation sites (N-methyl/N-ethyl adjacent to an activating group) is 2. The standard InChI is InChI=1S/C27H35N7O4S/c1-31(2)12-13-32(3)20-22-6-4-5-7-25(22)21-8-10-24(11-9-21)39(37,38)34-16-14-33(15-17-34)27-28-18-23(19-29-27)26(35)30-36/h4-11,18-19,36H,12-17,20H2,1-3H3,(H,30,35). The van der Waals surface area contributed by atoms with Crippen molar-refractivity contribution in [2.75, 3.05) is 65.3 Å². The zero-order valence-corrected chi connectivity index (χ0v) is 23.3. The van der Waals surface area contributed by atoms with E-state index in [1.807, 2.05) is 29.2 Å². The molecule has 0 radical (unpaired) electrons. The van der Waals surface area contributed by atoms with Crippen LogP contribution < -0.4 is 10.4 Å². The predicted molar refractivity (Wildman–Crippen MR) is 149 cm³/mol. The summed E-state index contributed by atoms with van der Waals surface area (Å²) in [6.45, 7) is 4.12. The molecule has 0 bridgehead atoms. The second kappa shape index (κ2) is 12.6. The summed E-state index contributed by atoms with van der Waals surface area (Å²) in [4.78, 5) is 26.4. The summed E-state index contributed by atoms with van der Waals surface area (Å²) >= 11 is 0. The number of nitrogens with zero attached hydrogens (tertiary/aromatic N) is 6. The first-order valence-electron chi connectivity index (χ1n) is 12.7. The van der Waals surface area contributed by atoms with E-state index in [0.29, 0.717) is 19.0 Å². The van der Waals surface area contributed by atoms with Crippen molar-refractivity contribution in [1.82, 2.24) is 29.6 Å². The molecule has 1 saturated heterocycles. The average Bonchev–Trinajstić information content (AvgIpc) is 2.96. The van der Waals surface area contributed by atoms with Gasteiger partial charge in [-0.2, -0.15) is 4.31 Å². The van der Waals surface area contributed by atoms with Crippen LogP contribution in [0, 0.1) is 0 Å². The summed E-state index contributed by atoms with van der Waals surface area (Å²) in [6.07, 6.45) is 2.64. The molecule has 2 N–H and O–H groups in total. The number of hydrogen-bond acceptors (Lipinski definition) is 9. The smallest absolute Gasteiger partial charge is 0.277 e. The molecular weight excluding hydrogens is 518 g/mol. The van der Waals surface area contributed by atoms with Crippen molar-refractivity contribution in [3.05, 3.63) is 72.1 Å². The Bertz CT molecular complexity index is 1360. The lowest BCUT2D eigenvalue weighted by Gasteiger charge is -2.34. The number of benzene rings is 2. The van der Waals surface area contributed by atoms with Crippen molar-refractivity contribution in [1.29, 1.82) is 0 Å². The number of rotatable bonds is 10. The minimum Gasteiger partial charge on any atom is -0.338 e. The van der Waals surface area contributed by atoms with Crippen LogP contribution in [-0.4, -0.2) is 104 Å². The molecule has 2 aromatic carbocycles. The Balaban J connectivity index is 1.41. The molecule has 0 unspecified atom stereocenters. The van der Waals surface area contributed by atoms with Crippen LogP contribution in [0.1, 0.15) is 15.9 Å². The van der Waals surface area contributed by atoms with Gasteiger partial charge in [-0.15, -0.1) is 0 Å². The van der Waals surface area contributed by atoms with Crippen LogP contribution in [0.4, 0.5) is 5.95 Å². The van der Waals surface area contributed by atoms with Gasteiger partial charge >= 0.3 is 0 Å². The van der Waals surface area contributed by atoms with Crippen LogP contribution in [0.15, 0.2) is 65.8 Å². The molecule has 1 amide bonds. The van der Waals surface area contributed by atoms with E-state index in [1.165, 1.54) is 27.7 Å². The highest BCUT2D eigenvalue weighted by Gasteiger charge is 2.29. The number of hydroxylamine groups is 1. The number of aromatic nitrogens is 2. The van der Waals surface area contributed by atoms with Gasteiger partial charge in [0.05, 0.1) is 10.5 Å². The van der Waals surface area contributed by atoms with Gasteiger partial charge in [0.15, 0.2) is 0 Å². The first-order chi connectivity index (χ1) is 18.7. The average molecular weight is 554 g/mol. The molecule has 1 aliphatic rings. The number of anilines is 1. The van der Waals surface area contributed by atoms with Gasteiger partial charge < -0.3 is 14.7 Å². The Morgan fingerprint density at radius 2 is 1.59 bits per heavy atom. The molecule has 0 spiro atoms. The maximum atomic E-state index is 13.4. The fourth-order valence-electron chi connectivity index (χ4n) is 4.43. The van der Waals surface area contributed by atoms with E-state index >= 15 is 0 Å². The van der Waals surface area contributed by atoms with Crippen molar-refractivity contribution in [2.24, 2.45) is 0 Å². The van der Waals surface area contributed by atoms with Crippen molar-refractivity contribution in [3.8, 4) is 11.1 Å². The topological polar surface area (TPSA) is 122 Å². The van der Waals surface area contributed by atoms with Gasteiger partial charge in [0, 0.05) is 58.2 Å². The molecular formula is C27H35N7O4S. The van der Waals surface area contributed by atoms with Gasteiger partial charge in [0.1, 0.15) is 0 Å². The summed E-state index contributed by atoms with van der Waals surface area (Å²) in [5.41, 5.74) is 4.93. The number of piperazine rings is 1. The van der Waals surface area contributed by atoms with Gasteiger partial charge in [0.25, 0.3) is 5.91 Å². The lowest BCUT2D eigenvalue weighted by molar-refractivity contribution is 0.0705. The third-order valence-electron chi connectivity index (χ3n) is 6.71. The Kier molecular flexibility index (Phi) is 9.25. The molecule has 1 aromatic heterocycles. The maximum absolute atomic E-state index is 13.4. The lowest BCUT2D eigenvalue weighted by atomic mass is 9.99. The van der Waals surface area contributed by atoms with E-state index in [9.17, 15) is 13.2 Å². The molecule has 1 aliphatic heterocycles. The Hall–Kier alpha value is -3.42. The van der Waals surface area contributed by atoms with Gasteiger partial charge in [0.2, 0.25) is 16.0 Å². The Labute approximate surface area is 229 Å². The number of carbonyl (C=O) groups excluding carboxylic acids is 1. The van der Waals surface area contributed by atoms with Crippen molar-refractivity contribution < 1.29 is 18.4 Å². The van der Waals surface area contributed by atoms with Gasteiger partial charge in [-0.3, -0.25) is 10.0 Å². The number of hydrogen-bond donors (Lipinski definition) is 2. The lowest BCUT2D eigenvalue weighted by Crippen LogP contribution is -2.49. The molecule has 1 fully saturated rings. The fourth-order valence-corrected chi connectivity index (χ4v) is 5.85. The molecule has 0 atom stereocenters. The zero-order chi connectivity index (χ0) is 28.0. The molecule has 4 rings (SSSR count). The zero-order valence-electron chi connectivity index (χ0n) is 22.5. The second-order valence-corrected chi connectivity index (χ2v) is 11.8.